The van der Waals surface area contributed by atoms with Gasteiger partial charge >= 0.3 is 0 Å². The van der Waals surface area contributed by atoms with E-state index in [-0.39, 0.29) is 22.5 Å². The molecule has 36 heavy (non-hydrogen) atoms. The van der Waals surface area contributed by atoms with Crippen LogP contribution in [0, 0.1) is 23.5 Å². The molecule has 1 aliphatic heterocycles. The molecule has 2 heterocycles. The summed E-state index contributed by atoms with van der Waals surface area (Å²) >= 11 is 0.938. The predicted molar refractivity (Wildman–Crippen MR) is 136 cm³/mol. The van der Waals surface area contributed by atoms with Gasteiger partial charge in [-0.05, 0) is 62.5 Å². The fraction of sp³-hybridized carbons (Fsp3) is 0.583. The SMILES string of the molecule is Nc1nc(NC2CCN(S(=O)(=O)CCNC(C3CC3)C3CC3)CC2)sc1C(=O)c1c(F)cccc1F. The molecular weight excluding hydrogens is 508 g/mol. The number of anilines is 2. The lowest BCUT2D eigenvalue weighted by Crippen LogP contribution is -2.45. The molecule has 5 rings (SSSR count). The van der Waals surface area contributed by atoms with Crippen LogP contribution in [0.5, 0.6) is 0 Å². The predicted octanol–water partition coefficient (Wildman–Crippen LogP) is 3.22. The van der Waals surface area contributed by atoms with Crippen LogP contribution in [-0.2, 0) is 10.0 Å². The Balaban J connectivity index is 1.13. The summed E-state index contributed by atoms with van der Waals surface area (Å²) in [5, 5.41) is 7.07. The summed E-state index contributed by atoms with van der Waals surface area (Å²) in [5.41, 5.74) is 5.22. The first kappa shape index (κ1) is 25.5. The number of nitrogens with one attached hydrogen (secondary N) is 2. The van der Waals surface area contributed by atoms with E-state index in [1.807, 2.05) is 0 Å². The number of aromatic nitrogens is 1. The maximum absolute atomic E-state index is 14.0. The van der Waals surface area contributed by atoms with Gasteiger partial charge in [-0.2, -0.15) is 0 Å². The Kier molecular flexibility index (Phi) is 7.30. The van der Waals surface area contributed by atoms with Crippen molar-refractivity contribution in [2.45, 2.75) is 50.6 Å². The largest absolute Gasteiger partial charge is 0.382 e. The average molecular weight is 540 g/mol. The molecule has 3 fully saturated rings. The molecule has 1 aromatic carbocycles. The molecule has 1 aromatic heterocycles. The van der Waals surface area contributed by atoms with E-state index in [1.54, 1.807) is 4.31 Å². The summed E-state index contributed by atoms with van der Waals surface area (Å²) in [6.45, 7) is 1.26. The second kappa shape index (κ2) is 10.3. The van der Waals surface area contributed by atoms with Gasteiger partial charge in [0.2, 0.25) is 15.8 Å². The summed E-state index contributed by atoms with van der Waals surface area (Å²) in [6.07, 6.45) is 6.15. The van der Waals surface area contributed by atoms with Crippen LogP contribution in [0.1, 0.15) is 53.8 Å². The van der Waals surface area contributed by atoms with Gasteiger partial charge in [-0.3, -0.25) is 4.79 Å². The van der Waals surface area contributed by atoms with Crippen molar-refractivity contribution in [3.05, 3.63) is 40.3 Å². The van der Waals surface area contributed by atoms with Gasteiger partial charge < -0.3 is 16.4 Å². The molecule has 8 nitrogen and oxygen atoms in total. The molecule has 3 aliphatic rings. The molecule has 2 aliphatic carbocycles. The van der Waals surface area contributed by atoms with Crippen molar-refractivity contribution >= 4 is 38.1 Å². The molecule has 0 spiro atoms. The second-order valence-electron chi connectivity index (χ2n) is 9.95. The fourth-order valence-electron chi connectivity index (χ4n) is 4.95. The van der Waals surface area contributed by atoms with E-state index < -0.39 is 33.0 Å². The fourth-order valence-corrected chi connectivity index (χ4v) is 7.26. The number of thiazole rings is 1. The Morgan fingerprint density at radius 2 is 1.72 bits per heavy atom. The number of sulfonamides is 1. The van der Waals surface area contributed by atoms with Crippen molar-refractivity contribution in [3.8, 4) is 0 Å². The number of rotatable bonds is 11. The van der Waals surface area contributed by atoms with E-state index in [9.17, 15) is 22.0 Å². The third-order valence-electron chi connectivity index (χ3n) is 7.22. The Morgan fingerprint density at radius 1 is 1.11 bits per heavy atom. The van der Waals surface area contributed by atoms with Gasteiger partial charge in [0.1, 0.15) is 22.3 Å². The number of ketones is 1. The lowest BCUT2D eigenvalue weighted by atomic mass is 10.1. The van der Waals surface area contributed by atoms with Crippen molar-refractivity contribution in [1.82, 2.24) is 14.6 Å². The van der Waals surface area contributed by atoms with Crippen LogP contribution in [-0.4, -0.2) is 61.0 Å². The Hall–Kier alpha value is -2.15. The zero-order chi connectivity index (χ0) is 25.4. The van der Waals surface area contributed by atoms with Crippen LogP contribution in [0.15, 0.2) is 18.2 Å². The minimum atomic E-state index is -3.34. The van der Waals surface area contributed by atoms with Crippen LogP contribution in [0.4, 0.5) is 19.7 Å². The first-order chi connectivity index (χ1) is 17.2. The van der Waals surface area contributed by atoms with Gasteiger partial charge in [0.05, 0.1) is 11.3 Å². The van der Waals surface area contributed by atoms with E-state index in [1.165, 1.54) is 31.7 Å². The standard InChI is InChI=1S/C24H31F2N5O3S2/c25-17-2-1-3-18(26)19(17)21(32)22-23(27)30-24(35-22)29-16-8-11-31(12-9-16)36(33,34)13-10-28-20(14-4-5-14)15-6-7-15/h1-3,14-16,20,28H,4-13,27H2,(H,29,30). The van der Waals surface area contributed by atoms with E-state index >= 15 is 0 Å². The quantitative estimate of drug-likeness (QED) is 0.376. The maximum Gasteiger partial charge on any atom is 0.215 e. The zero-order valence-electron chi connectivity index (χ0n) is 19.9. The van der Waals surface area contributed by atoms with Crippen molar-refractivity contribution in [3.63, 3.8) is 0 Å². The van der Waals surface area contributed by atoms with Crippen molar-refractivity contribution in [2.24, 2.45) is 11.8 Å². The number of nitrogen functional groups attached to an aromatic ring is 1. The first-order valence-corrected chi connectivity index (χ1v) is 14.9. The van der Waals surface area contributed by atoms with E-state index in [0.717, 1.165) is 35.3 Å². The van der Waals surface area contributed by atoms with Gasteiger partial charge in [0, 0.05) is 31.7 Å². The first-order valence-electron chi connectivity index (χ1n) is 12.5. The molecule has 1 saturated heterocycles. The summed E-state index contributed by atoms with van der Waals surface area (Å²) < 4.78 is 55.3. The third kappa shape index (κ3) is 5.71. The highest BCUT2D eigenvalue weighted by Gasteiger charge is 2.41. The molecule has 2 aromatic rings. The van der Waals surface area contributed by atoms with Gasteiger partial charge in [0.25, 0.3) is 0 Å². The number of benzene rings is 1. The summed E-state index contributed by atoms with van der Waals surface area (Å²) in [5.74, 6) is -1.32. The molecule has 4 N–H and O–H groups in total. The van der Waals surface area contributed by atoms with E-state index in [0.29, 0.717) is 43.6 Å². The second-order valence-corrected chi connectivity index (χ2v) is 13.0. The molecule has 0 bridgehead atoms. The molecular formula is C24H31F2N5O3S2. The van der Waals surface area contributed by atoms with Crippen molar-refractivity contribution in [1.29, 1.82) is 0 Å². The van der Waals surface area contributed by atoms with E-state index in [2.05, 4.69) is 15.6 Å². The lowest BCUT2D eigenvalue weighted by Gasteiger charge is -2.31. The average Bonchev–Trinajstić information content (AvgIpc) is 3.76. The molecule has 0 unspecified atom stereocenters. The number of nitrogens with zero attached hydrogens (tertiary/aromatic N) is 2. The maximum atomic E-state index is 14.0. The van der Waals surface area contributed by atoms with Gasteiger partial charge in [-0.25, -0.2) is 26.5 Å². The van der Waals surface area contributed by atoms with Crippen molar-refractivity contribution < 1.29 is 22.0 Å². The van der Waals surface area contributed by atoms with E-state index in [4.69, 9.17) is 5.73 Å². The van der Waals surface area contributed by atoms with Crippen LogP contribution >= 0.6 is 11.3 Å². The lowest BCUT2D eigenvalue weighted by molar-refractivity contribution is 0.103. The van der Waals surface area contributed by atoms with Crippen LogP contribution in [0.3, 0.4) is 0 Å². The smallest absolute Gasteiger partial charge is 0.215 e. The topological polar surface area (TPSA) is 117 Å². The molecule has 12 heteroatoms. The van der Waals surface area contributed by atoms with Gasteiger partial charge in [0.15, 0.2) is 5.13 Å². The number of piperidine rings is 1. The van der Waals surface area contributed by atoms with Crippen LogP contribution in [0.25, 0.3) is 0 Å². The Morgan fingerprint density at radius 3 is 2.31 bits per heavy atom. The van der Waals surface area contributed by atoms with Crippen LogP contribution < -0.4 is 16.4 Å². The number of carbonyl (C=O) groups excluding carboxylic acids is 1. The molecule has 2 saturated carbocycles. The number of hydrogen-bond donors (Lipinski definition) is 3. The molecule has 0 amide bonds. The number of halogens is 2. The minimum absolute atomic E-state index is 0.0373. The highest BCUT2D eigenvalue weighted by molar-refractivity contribution is 7.89. The molecule has 196 valence electrons. The molecule has 0 atom stereocenters. The van der Waals surface area contributed by atoms with Gasteiger partial charge in [-0.1, -0.05) is 17.4 Å². The normalized spacial score (nSPS) is 19.6. The number of hydrogen-bond acceptors (Lipinski definition) is 8. The number of carbonyl (C=O) groups is 1. The Bertz CT molecular complexity index is 1190. The monoisotopic (exact) mass is 539 g/mol. The van der Waals surface area contributed by atoms with Crippen molar-refractivity contribution in [2.75, 3.05) is 36.4 Å². The highest BCUT2D eigenvalue weighted by Crippen LogP contribution is 2.44. The van der Waals surface area contributed by atoms with Gasteiger partial charge in [-0.15, -0.1) is 0 Å². The zero-order valence-corrected chi connectivity index (χ0v) is 21.5. The Labute approximate surface area is 213 Å². The number of nitrogens with two attached hydrogens (primary N) is 1. The third-order valence-corrected chi connectivity index (χ3v) is 10.1. The minimum Gasteiger partial charge on any atom is -0.382 e. The summed E-state index contributed by atoms with van der Waals surface area (Å²) in [4.78, 5) is 16.8. The summed E-state index contributed by atoms with van der Waals surface area (Å²) in [6, 6.07) is 3.65. The molecule has 0 radical (unpaired) electrons. The van der Waals surface area contributed by atoms with Crippen LogP contribution in [0.2, 0.25) is 0 Å². The summed E-state index contributed by atoms with van der Waals surface area (Å²) in [7, 11) is -3.34. The highest BCUT2D eigenvalue weighted by atomic mass is 32.2.